The van der Waals surface area contributed by atoms with Crippen LogP contribution >= 0.6 is 0 Å². The van der Waals surface area contributed by atoms with Crippen LogP contribution in [0.1, 0.15) is 39.5 Å². The summed E-state index contributed by atoms with van der Waals surface area (Å²) in [5, 5.41) is 0. The number of benzene rings is 1. The molecule has 0 N–H and O–H groups in total. The Balaban J connectivity index is 2.04. The molecule has 112 valence electrons. The fourth-order valence-corrected chi connectivity index (χ4v) is 2.48. The van der Waals surface area contributed by atoms with Gasteiger partial charge in [0.2, 0.25) is 0 Å². The Morgan fingerprint density at radius 1 is 1.33 bits per heavy atom. The molecular weight excluding hydrogens is 266 g/mol. The average Bonchev–Trinajstić information content (AvgIpc) is 2.45. The maximum absolute atomic E-state index is 12.2. The van der Waals surface area contributed by atoms with Crippen LogP contribution in [0.3, 0.4) is 0 Å². The first kappa shape index (κ1) is 15.3. The van der Waals surface area contributed by atoms with Gasteiger partial charge in [-0.3, -0.25) is 4.79 Å². The highest BCUT2D eigenvalue weighted by Crippen LogP contribution is 2.24. The van der Waals surface area contributed by atoms with Crippen LogP contribution < -0.4 is 4.74 Å². The summed E-state index contributed by atoms with van der Waals surface area (Å²) < 4.78 is 5.25. The molecule has 0 saturated heterocycles. The summed E-state index contributed by atoms with van der Waals surface area (Å²) in [5.41, 5.74) is 1.12. The number of nitrogens with zero attached hydrogens (tertiary/aromatic N) is 1. The molecule has 1 atom stereocenters. The van der Waals surface area contributed by atoms with Crippen molar-refractivity contribution in [3.8, 4) is 5.75 Å². The summed E-state index contributed by atoms with van der Waals surface area (Å²) in [7, 11) is 0. The second kappa shape index (κ2) is 7.07. The standard InChI is InChI=1S/C17H21NO3/c1-3-4-8-14-11-13(2)18(16(19)12-14)17(20)21-15-9-6-5-7-10-15/h5-7,9-10,12-13H,3-4,8,11H2,1-2H3/t13-/m1/s1. The molecular formula is C17H21NO3. The lowest BCUT2D eigenvalue weighted by molar-refractivity contribution is -0.126. The summed E-state index contributed by atoms with van der Waals surface area (Å²) in [5.74, 6) is 0.170. The number of hydrogen-bond donors (Lipinski definition) is 0. The van der Waals surface area contributed by atoms with E-state index in [2.05, 4.69) is 6.92 Å². The number of rotatable bonds is 4. The molecule has 0 aromatic heterocycles. The predicted molar refractivity (Wildman–Crippen MR) is 81.0 cm³/mol. The summed E-state index contributed by atoms with van der Waals surface area (Å²) in [6.07, 6.45) is 4.80. The quantitative estimate of drug-likeness (QED) is 0.843. The van der Waals surface area contributed by atoms with Gasteiger partial charge in [-0.2, -0.15) is 0 Å². The summed E-state index contributed by atoms with van der Waals surface area (Å²) >= 11 is 0. The molecule has 1 aromatic carbocycles. The lowest BCUT2D eigenvalue weighted by Gasteiger charge is -2.30. The fourth-order valence-electron chi connectivity index (χ4n) is 2.48. The van der Waals surface area contributed by atoms with Crippen molar-refractivity contribution in [3.05, 3.63) is 42.0 Å². The smallest absolute Gasteiger partial charge is 0.410 e. The van der Waals surface area contributed by atoms with Gasteiger partial charge in [-0.25, -0.2) is 9.69 Å². The lowest BCUT2D eigenvalue weighted by atomic mass is 9.97. The van der Waals surface area contributed by atoms with Crippen LogP contribution in [-0.4, -0.2) is 22.9 Å². The van der Waals surface area contributed by atoms with E-state index >= 15 is 0 Å². The van der Waals surface area contributed by atoms with E-state index in [1.807, 2.05) is 13.0 Å². The zero-order valence-electron chi connectivity index (χ0n) is 12.5. The van der Waals surface area contributed by atoms with Gasteiger partial charge in [0.05, 0.1) is 0 Å². The van der Waals surface area contributed by atoms with Crippen LogP contribution in [0, 0.1) is 0 Å². The zero-order valence-corrected chi connectivity index (χ0v) is 12.5. The third-order valence-electron chi connectivity index (χ3n) is 3.56. The molecule has 2 rings (SSSR count). The highest BCUT2D eigenvalue weighted by atomic mass is 16.6. The molecule has 0 unspecified atom stereocenters. The number of unbranched alkanes of at least 4 members (excludes halogenated alkanes) is 1. The van der Waals surface area contributed by atoms with Crippen molar-refractivity contribution in [2.45, 2.75) is 45.6 Å². The van der Waals surface area contributed by atoms with E-state index in [4.69, 9.17) is 4.74 Å². The van der Waals surface area contributed by atoms with Gasteiger partial charge in [0.15, 0.2) is 0 Å². The number of carbonyl (C=O) groups is 2. The molecule has 2 amide bonds. The molecule has 4 heteroatoms. The predicted octanol–water partition coefficient (Wildman–Crippen LogP) is 3.92. The highest BCUT2D eigenvalue weighted by molar-refractivity contribution is 6.00. The van der Waals surface area contributed by atoms with Crippen molar-refractivity contribution in [3.63, 3.8) is 0 Å². The molecule has 1 heterocycles. The monoisotopic (exact) mass is 287 g/mol. The van der Waals surface area contributed by atoms with Gasteiger partial charge >= 0.3 is 6.09 Å². The van der Waals surface area contributed by atoms with Crippen molar-refractivity contribution in [2.24, 2.45) is 0 Å². The Bertz CT molecular complexity index is 536. The van der Waals surface area contributed by atoms with Crippen LogP contribution in [0.2, 0.25) is 0 Å². The molecule has 1 aliphatic rings. The molecule has 21 heavy (non-hydrogen) atoms. The Morgan fingerprint density at radius 3 is 2.67 bits per heavy atom. The largest absolute Gasteiger partial charge is 0.422 e. The zero-order chi connectivity index (χ0) is 15.2. The van der Waals surface area contributed by atoms with Gasteiger partial charge in [0.1, 0.15) is 5.75 Å². The molecule has 0 spiro atoms. The number of ether oxygens (including phenoxy) is 1. The minimum absolute atomic E-state index is 0.162. The van der Waals surface area contributed by atoms with Crippen LogP contribution in [0.5, 0.6) is 5.75 Å². The Labute approximate surface area is 125 Å². The van der Waals surface area contributed by atoms with Gasteiger partial charge < -0.3 is 4.74 Å². The normalized spacial score (nSPS) is 18.4. The first-order chi connectivity index (χ1) is 10.1. The number of hydrogen-bond acceptors (Lipinski definition) is 3. The Morgan fingerprint density at radius 2 is 2.05 bits per heavy atom. The van der Waals surface area contributed by atoms with Gasteiger partial charge in [-0.15, -0.1) is 0 Å². The number of para-hydroxylation sites is 1. The number of amides is 2. The van der Waals surface area contributed by atoms with Crippen molar-refractivity contribution >= 4 is 12.0 Å². The van der Waals surface area contributed by atoms with Crippen LogP contribution in [0.15, 0.2) is 42.0 Å². The van der Waals surface area contributed by atoms with Crippen LogP contribution in [0.25, 0.3) is 0 Å². The number of carbonyl (C=O) groups excluding carboxylic acids is 2. The Hall–Kier alpha value is -2.10. The molecule has 4 nitrogen and oxygen atoms in total. The topological polar surface area (TPSA) is 46.6 Å². The van der Waals surface area contributed by atoms with E-state index in [-0.39, 0.29) is 11.9 Å². The minimum atomic E-state index is -0.607. The molecule has 0 radical (unpaired) electrons. The summed E-state index contributed by atoms with van der Waals surface area (Å²) in [6, 6.07) is 8.64. The van der Waals surface area contributed by atoms with Crippen LogP contribution in [-0.2, 0) is 4.79 Å². The van der Waals surface area contributed by atoms with E-state index in [1.54, 1.807) is 30.3 Å². The first-order valence-electron chi connectivity index (χ1n) is 7.41. The molecule has 0 fully saturated rings. The van der Waals surface area contributed by atoms with E-state index in [9.17, 15) is 9.59 Å². The van der Waals surface area contributed by atoms with Crippen molar-refractivity contribution in [1.29, 1.82) is 0 Å². The summed E-state index contributed by atoms with van der Waals surface area (Å²) in [6.45, 7) is 4.00. The second-order valence-electron chi connectivity index (χ2n) is 5.35. The third kappa shape index (κ3) is 3.94. The van der Waals surface area contributed by atoms with E-state index in [0.29, 0.717) is 5.75 Å². The number of imide groups is 1. The SMILES string of the molecule is CCCCC1=CC(=O)N(C(=O)Oc2ccccc2)[C@H](C)C1. The molecule has 1 aliphatic heterocycles. The summed E-state index contributed by atoms with van der Waals surface area (Å²) in [4.78, 5) is 25.5. The van der Waals surface area contributed by atoms with Crippen molar-refractivity contribution in [2.75, 3.05) is 0 Å². The maximum atomic E-state index is 12.2. The maximum Gasteiger partial charge on any atom is 0.422 e. The minimum Gasteiger partial charge on any atom is -0.410 e. The molecule has 0 saturated carbocycles. The first-order valence-corrected chi connectivity index (χ1v) is 7.41. The molecule has 1 aromatic rings. The Kier molecular flexibility index (Phi) is 5.14. The third-order valence-corrected chi connectivity index (χ3v) is 3.56. The lowest BCUT2D eigenvalue weighted by Crippen LogP contribution is -2.46. The van der Waals surface area contributed by atoms with E-state index < -0.39 is 6.09 Å². The average molecular weight is 287 g/mol. The van der Waals surface area contributed by atoms with Gasteiger partial charge in [-0.1, -0.05) is 37.1 Å². The van der Waals surface area contributed by atoms with Crippen molar-refractivity contribution in [1.82, 2.24) is 4.90 Å². The van der Waals surface area contributed by atoms with E-state index in [0.717, 1.165) is 31.3 Å². The van der Waals surface area contributed by atoms with Crippen molar-refractivity contribution < 1.29 is 14.3 Å². The van der Waals surface area contributed by atoms with Gasteiger partial charge in [0, 0.05) is 12.1 Å². The van der Waals surface area contributed by atoms with Gasteiger partial charge in [-0.05, 0) is 38.3 Å². The van der Waals surface area contributed by atoms with E-state index in [1.165, 1.54) is 4.90 Å². The van der Waals surface area contributed by atoms with Crippen LogP contribution in [0.4, 0.5) is 4.79 Å². The fraction of sp³-hybridized carbons (Fsp3) is 0.412. The molecule has 0 aliphatic carbocycles. The van der Waals surface area contributed by atoms with Gasteiger partial charge in [0.25, 0.3) is 5.91 Å². The molecule has 0 bridgehead atoms. The second-order valence-corrected chi connectivity index (χ2v) is 5.35. The highest BCUT2D eigenvalue weighted by Gasteiger charge is 2.31.